The van der Waals surface area contributed by atoms with Crippen LogP contribution in [0.2, 0.25) is 0 Å². The Kier molecular flexibility index (Phi) is 5.44. The Labute approximate surface area is 193 Å². The first-order valence-corrected chi connectivity index (χ1v) is 11.6. The van der Waals surface area contributed by atoms with Crippen LogP contribution in [0, 0.1) is 0 Å². The van der Waals surface area contributed by atoms with E-state index in [1.54, 1.807) is 0 Å². The molecule has 3 aliphatic heterocycles. The van der Waals surface area contributed by atoms with Gasteiger partial charge in [-0.1, -0.05) is 30.3 Å². The highest BCUT2D eigenvalue weighted by Crippen LogP contribution is 2.37. The molecule has 6 nitrogen and oxygen atoms in total. The molecule has 1 unspecified atom stereocenters. The minimum atomic E-state index is 0.154. The Hall–Kier alpha value is -3.38. The molecule has 0 aromatic heterocycles. The fraction of sp³-hybridized carbons (Fsp3) is 0.333. The molecule has 0 radical (unpaired) electrons. The van der Waals surface area contributed by atoms with Crippen molar-refractivity contribution in [1.82, 2.24) is 0 Å². The van der Waals surface area contributed by atoms with E-state index in [1.165, 1.54) is 22.4 Å². The lowest BCUT2D eigenvalue weighted by Gasteiger charge is -2.17. The summed E-state index contributed by atoms with van der Waals surface area (Å²) in [6.45, 7) is 4.86. The van der Waals surface area contributed by atoms with Crippen LogP contribution in [0.4, 0.5) is 11.4 Å². The van der Waals surface area contributed by atoms with Gasteiger partial charge in [0.15, 0.2) is 11.5 Å². The molecule has 3 aliphatic rings. The van der Waals surface area contributed by atoms with E-state index < -0.39 is 0 Å². The highest BCUT2D eigenvalue weighted by atomic mass is 16.5. The zero-order valence-electron chi connectivity index (χ0n) is 18.5. The number of rotatable bonds is 2. The van der Waals surface area contributed by atoms with Gasteiger partial charge in [-0.05, 0) is 41.5 Å². The summed E-state index contributed by atoms with van der Waals surface area (Å²) in [4.78, 5) is 0. The lowest BCUT2D eigenvalue weighted by Crippen LogP contribution is -2.16. The minimum absolute atomic E-state index is 0.154. The predicted molar refractivity (Wildman–Crippen MR) is 128 cm³/mol. The maximum atomic E-state index is 6.23. The van der Waals surface area contributed by atoms with E-state index in [9.17, 15) is 0 Å². The Bertz CT molecular complexity index is 1120. The highest BCUT2D eigenvalue weighted by molar-refractivity contribution is 5.60. The second kappa shape index (κ2) is 8.87. The third kappa shape index (κ3) is 4.18. The third-order valence-electron chi connectivity index (χ3n) is 6.61. The van der Waals surface area contributed by atoms with Crippen molar-refractivity contribution in [2.24, 2.45) is 0 Å². The van der Waals surface area contributed by atoms with Gasteiger partial charge in [-0.25, -0.2) is 0 Å². The first kappa shape index (κ1) is 20.2. The Morgan fingerprint density at radius 1 is 0.667 bits per heavy atom. The smallest absolute Gasteiger partial charge is 0.161 e. The van der Waals surface area contributed by atoms with Crippen molar-refractivity contribution in [2.75, 3.05) is 50.2 Å². The lowest BCUT2D eigenvalue weighted by atomic mass is 9.97. The Morgan fingerprint density at radius 3 is 2.21 bits per heavy atom. The molecule has 170 valence electrons. The van der Waals surface area contributed by atoms with Gasteiger partial charge in [-0.3, -0.25) is 0 Å². The molecule has 0 saturated heterocycles. The van der Waals surface area contributed by atoms with Crippen molar-refractivity contribution in [3.63, 3.8) is 0 Å². The van der Waals surface area contributed by atoms with Crippen LogP contribution >= 0.6 is 0 Å². The predicted octanol–water partition coefficient (Wildman–Crippen LogP) is 4.77. The molecule has 0 saturated carbocycles. The molecule has 0 bridgehead atoms. The van der Waals surface area contributed by atoms with Crippen LogP contribution in [-0.4, -0.2) is 39.5 Å². The normalized spacial score (nSPS) is 19.9. The number of anilines is 2. The van der Waals surface area contributed by atoms with Crippen LogP contribution in [0.1, 0.15) is 28.5 Å². The molecule has 33 heavy (non-hydrogen) atoms. The fourth-order valence-corrected chi connectivity index (χ4v) is 4.65. The second-order valence-corrected chi connectivity index (χ2v) is 8.81. The summed E-state index contributed by atoms with van der Waals surface area (Å²) >= 11 is 0. The van der Waals surface area contributed by atoms with Crippen LogP contribution in [0.15, 0.2) is 60.7 Å². The van der Waals surface area contributed by atoms with Crippen LogP contribution in [-0.2, 0) is 11.3 Å². The van der Waals surface area contributed by atoms with E-state index in [0.29, 0.717) is 26.4 Å². The maximum absolute atomic E-state index is 6.23. The van der Waals surface area contributed by atoms with E-state index in [-0.39, 0.29) is 11.8 Å². The molecule has 0 fully saturated rings. The summed E-state index contributed by atoms with van der Waals surface area (Å²) < 4.78 is 23.9. The van der Waals surface area contributed by atoms with E-state index in [1.807, 2.05) is 24.3 Å². The Balaban J connectivity index is 1.17. The van der Waals surface area contributed by atoms with Crippen molar-refractivity contribution in [3.05, 3.63) is 77.4 Å². The highest BCUT2D eigenvalue weighted by Gasteiger charge is 2.24. The monoisotopic (exact) mass is 444 g/mol. The quantitative estimate of drug-likeness (QED) is 0.594. The Morgan fingerprint density at radius 2 is 1.36 bits per heavy atom. The molecule has 0 amide bonds. The zero-order valence-corrected chi connectivity index (χ0v) is 18.5. The van der Waals surface area contributed by atoms with Crippen molar-refractivity contribution in [2.45, 2.75) is 18.4 Å². The molecule has 3 aromatic carbocycles. The molecule has 6 heteroatoms. The van der Waals surface area contributed by atoms with Gasteiger partial charge in [0.1, 0.15) is 5.75 Å². The van der Waals surface area contributed by atoms with Crippen molar-refractivity contribution >= 4 is 11.4 Å². The average molecular weight is 445 g/mol. The largest absolute Gasteiger partial charge is 0.491 e. The number of para-hydroxylation sites is 2. The van der Waals surface area contributed by atoms with Crippen LogP contribution in [0.3, 0.4) is 0 Å². The summed E-state index contributed by atoms with van der Waals surface area (Å²) in [7, 11) is 0. The van der Waals surface area contributed by atoms with E-state index in [4.69, 9.17) is 18.9 Å². The molecule has 6 rings (SSSR count). The number of ether oxygens (including phenoxy) is 4. The topological polar surface area (TPSA) is 61.0 Å². The molecular formula is C27H28N2O4. The summed E-state index contributed by atoms with van der Waals surface area (Å²) in [5, 5.41) is 7.11. The van der Waals surface area contributed by atoms with Gasteiger partial charge in [0, 0.05) is 30.3 Å². The zero-order chi connectivity index (χ0) is 22.0. The van der Waals surface area contributed by atoms with Gasteiger partial charge in [-0.2, -0.15) is 0 Å². The van der Waals surface area contributed by atoms with Gasteiger partial charge < -0.3 is 29.6 Å². The second-order valence-electron chi connectivity index (χ2n) is 8.81. The standard InChI is InChI=1S/C27H28N2O4/c1-2-4-27-26(3-1)32-16-22(17-33-27)19-7-8-25-24(12-19)29-13-21(15-31-25)18-5-6-20-14-30-10-9-28-23(20)11-18/h1-8,11-12,21-22,28-29H,9-10,13-17H2. The lowest BCUT2D eigenvalue weighted by molar-refractivity contribution is 0.134. The fourth-order valence-electron chi connectivity index (χ4n) is 4.65. The van der Waals surface area contributed by atoms with Crippen molar-refractivity contribution in [3.8, 4) is 17.2 Å². The summed E-state index contributed by atoms with van der Waals surface area (Å²) in [6, 6.07) is 20.8. The minimum Gasteiger partial charge on any atom is -0.491 e. The summed E-state index contributed by atoms with van der Waals surface area (Å²) in [5.41, 5.74) is 5.86. The van der Waals surface area contributed by atoms with Gasteiger partial charge in [0.25, 0.3) is 0 Å². The number of hydrogen-bond acceptors (Lipinski definition) is 6. The molecule has 3 heterocycles. The van der Waals surface area contributed by atoms with Gasteiger partial charge in [-0.15, -0.1) is 0 Å². The van der Waals surface area contributed by atoms with E-state index >= 15 is 0 Å². The number of hydrogen-bond donors (Lipinski definition) is 2. The number of benzene rings is 3. The molecule has 3 aromatic rings. The molecular weight excluding hydrogens is 416 g/mol. The van der Waals surface area contributed by atoms with Gasteiger partial charge in [0.05, 0.1) is 44.6 Å². The van der Waals surface area contributed by atoms with Gasteiger partial charge in [0.2, 0.25) is 0 Å². The first-order valence-electron chi connectivity index (χ1n) is 11.6. The molecule has 2 N–H and O–H groups in total. The van der Waals surface area contributed by atoms with Crippen LogP contribution < -0.4 is 24.8 Å². The third-order valence-corrected chi connectivity index (χ3v) is 6.61. The number of nitrogens with one attached hydrogen (secondary N) is 2. The maximum Gasteiger partial charge on any atom is 0.161 e. The van der Waals surface area contributed by atoms with Crippen LogP contribution in [0.25, 0.3) is 0 Å². The average Bonchev–Trinajstić information content (AvgIpc) is 3.31. The number of fused-ring (bicyclic) bond motifs is 3. The first-order chi connectivity index (χ1) is 16.3. The summed E-state index contributed by atoms with van der Waals surface area (Å²) in [5.74, 6) is 2.92. The van der Waals surface area contributed by atoms with Crippen LogP contribution in [0.5, 0.6) is 17.2 Å². The van der Waals surface area contributed by atoms with E-state index in [0.717, 1.165) is 42.6 Å². The molecule has 0 aliphatic carbocycles. The SMILES string of the molecule is c1ccc2c(c1)OCC(c1ccc3c(c1)NCC(c1ccc4c(c1)NCCOC4)CO3)CO2. The molecule has 1 atom stereocenters. The van der Waals surface area contributed by atoms with Crippen molar-refractivity contribution in [1.29, 1.82) is 0 Å². The van der Waals surface area contributed by atoms with Crippen molar-refractivity contribution < 1.29 is 18.9 Å². The van der Waals surface area contributed by atoms with Gasteiger partial charge >= 0.3 is 0 Å². The molecule has 0 spiro atoms. The summed E-state index contributed by atoms with van der Waals surface area (Å²) in [6.07, 6.45) is 0. The van der Waals surface area contributed by atoms with E-state index in [2.05, 4.69) is 47.0 Å².